The highest BCUT2D eigenvalue weighted by atomic mass is 19.4. The molecule has 0 amide bonds. The average Bonchev–Trinajstić information content (AvgIpc) is 2.33. The van der Waals surface area contributed by atoms with Crippen molar-refractivity contribution >= 4 is 5.95 Å². The maximum Gasteiger partial charge on any atom is 0.389 e. The lowest BCUT2D eigenvalue weighted by atomic mass is 10.3. The Hall–Kier alpha value is -1.53. The van der Waals surface area contributed by atoms with Crippen LogP contribution in [0.1, 0.15) is 31.7 Å². The first kappa shape index (κ1) is 15.5. The molecule has 0 aliphatic rings. The van der Waals surface area contributed by atoms with Crippen LogP contribution in [-0.4, -0.2) is 29.3 Å². The number of nitrogens with zero attached hydrogens (tertiary/aromatic N) is 2. The molecular weight excluding hydrogens is 259 g/mol. The zero-order chi connectivity index (χ0) is 14.3. The van der Waals surface area contributed by atoms with Gasteiger partial charge in [-0.3, -0.25) is 0 Å². The van der Waals surface area contributed by atoms with Crippen LogP contribution in [0, 0.1) is 6.92 Å². The van der Waals surface area contributed by atoms with E-state index in [0.717, 1.165) is 13.0 Å². The number of nitrogens with one attached hydrogen (secondary N) is 1. The van der Waals surface area contributed by atoms with E-state index in [9.17, 15) is 13.2 Å². The van der Waals surface area contributed by atoms with Gasteiger partial charge in [0.1, 0.15) is 0 Å². The Morgan fingerprint density at radius 1 is 1.37 bits per heavy atom. The predicted molar refractivity (Wildman–Crippen MR) is 66.3 cm³/mol. The number of alkyl halides is 3. The number of halogens is 3. The van der Waals surface area contributed by atoms with Gasteiger partial charge in [0, 0.05) is 24.7 Å². The largest absolute Gasteiger partial charge is 0.477 e. The molecule has 0 radical (unpaired) electrons. The average molecular weight is 277 g/mol. The SMILES string of the molecule is CCCNc1ncc(C)c(OCCCC(F)(F)F)n1. The van der Waals surface area contributed by atoms with Crippen molar-refractivity contribution in [1.29, 1.82) is 0 Å². The van der Waals surface area contributed by atoms with Crippen molar-refractivity contribution in [2.75, 3.05) is 18.5 Å². The van der Waals surface area contributed by atoms with Crippen LogP contribution >= 0.6 is 0 Å². The maximum atomic E-state index is 12.0. The number of anilines is 1. The van der Waals surface area contributed by atoms with Crippen LogP contribution in [0.25, 0.3) is 0 Å². The molecule has 0 unspecified atom stereocenters. The van der Waals surface area contributed by atoms with Crippen LogP contribution in [-0.2, 0) is 0 Å². The third-order valence-electron chi connectivity index (χ3n) is 2.30. The molecule has 1 heterocycles. The molecule has 0 fully saturated rings. The Balaban J connectivity index is 2.47. The molecule has 0 bridgehead atoms. The molecule has 0 aliphatic heterocycles. The van der Waals surface area contributed by atoms with E-state index in [1.807, 2.05) is 6.92 Å². The summed E-state index contributed by atoms with van der Waals surface area (Å²) in [7, 11) is 0. The number of rotatable bonds is 7. The van der Waals surface area contributed by atoms with Crippen LogP contribution in [0.15, 0.2) is 6.20 Å². The van der Waals surface area contributed by atoms with Crippen molar-refractivity contribution < 1.29 is 17.9 Å². The highest BCUT2D eigenvalue weighted by Crippen LogP contribution is 2.22. The third kappa shape index (κ3) is 6.26. The van der Waals surface area contributed by atoms with Gasteiger partial charge >= 0.3 is 6.18 Å². The first-order valence-electron chi connectivity index (χ1n) is 6.19. The summed E-state index contributed by atoms with van der Waals surface area (Å²) in [6.07, 6.45) is -2.55. The van der Waals surface area contributed by atoms with E-state index >= 15 is 0 Å². The second kappa shape index (κ2) is 7.16. The third-order valence-corrected chi connectivity index (χ3v) is 2.30. The summed E-state index contributed by atoms with van der Waals surface area (Å²) in [6.45, 7) is 4.49. The topological polar surface area (TPSA) is 47.0 Å². The van der Waals surface area contributed by atoms with Gasteiger partial charge in [-0.2, -0.15) is 18.2 Å². The molecule has 1 aromatic heterocycles. The summed E-state index contributed by atoms with van der Waals surface area (Å²) < 4.78 is 41.2. The first-order chi connectivity index (χ1) is 8.92. The monoisotopic (exact) mass is 277 g/mol. The van der Waals surface area contributed by atoms with Crippen molar-refractivity contribution in [3.05, 3.63) is 11.8 Å². The van der Waals surface area contributed by atoms with Crippen molar-refractivity contribution in [2.45, 2.75) is 39.3 Å². The first-order valence-corrected chi connectivity index (χ1v) is 6.19. The number of aromatic nitrogens is 2. The molecule has 0 aromatic carbocycles. The molecule has 0 aliphatic carbocycles. The van der Waals surface area contributed by atoms with Gasteiger partial charge in [-0.15, -0.1) is 0 Å². The Labute approximate surface area is 110 Å². The maximum absolute atomic E-state index is 12.0. The van der Waals surface area contributed by atoms with Crippen LogP contribution in [0.2, 0.25) is 0 Å². The molecule has 0 saturated carbocycles. The molecular formula is C12H18F3N3O. The molecule has 1 N–H and O–H groups in total. The Kier molecular flexibility index (Phi) is 5.85. The minimum atomic E-state index is -4.14. The van der Waals surface area contributed by atoms with E-state index in [-0.39, 0.29) is 13.0 Å². The molecule has 0 atom stereocenters. The number of ether oxygens (including phenoxy) is 1. The second-order valence-corrected chi connectivity index (χ2v) is 4.18. The molecule has 4 nitrogen and oxygen atoms in total. The van der Waals surface area contributed by atoms with Crippen LogP contribution in [0.3, 0.4) is 0 Å². The van der Waals surface area contributed by atoms with Crippen LogP contribution in [0.5, 0.6) is 5.88 Å². The van der Waals surface area contributed by atoms with E-state index in [2.05, 4.69) is 15.3 Å². The Morgan fingerprint density at radius 3 is 2.74 bits per heavy atom. The predicted octanol–water partition coefficient (Wildman–Crippen LogP) is 3.33. The van der Waals surface area contributed by atoms with Crippen molar-refractivity contribution in [2.24, 2.45) is 0 Å². The zero-order valence-corrected chi connectivity index (χ0v) is 11.0. The fourth-order valence-corrected chi connectivity index (χ4v) is 1.34. The smallest absolute Gasteiger partial charge is 0.389 e. The van der Waals surface area contributed by atoms with Gasteiger partial charge in [0.25, 0.3) is 0 Å². The van der Waals surface area contributed by atoms with Crippen molar-refractivity contribution in [3.63, 3.8) is 0 Å². The number of hydrogen-bond acceptors (Lipinski definition) is 4. The van der Waals surface area contributed by atoms with E-state index in [1.54, 1.807) is 13.1 Å². The summed E-state index contributed by atoms with van der Waals surface area (Å²) in [6, 6.07) is 0. The lowest BCUT2D eigenvalue weighted by Crippen LogP contribution is -2.11. The van der Waals surface area contributed by atoms with Gasteiger partial charge in [0.2, 0.25) is 11.8 Å². The molecule has 108 valence electrons. The summed E-state index contributed by atoms with van der Waals surface area (Å²) in [5.74, 6) is 0.758. The minimum absolute atomic E-state index is 0.00934. The summed E-state index contributed by atoms with van der Waals surface area (Å²) in [4.78, 5) is 8.18. The zero-order valence-electron chi connectivity index (χ0n) is 11.0. The number of hydrogen-bond donors (Lipinski definition) is 1. The van der Waals surface area contributed by atoms with E-state index in [4.69, 9.17) is 4.74 Å². The van der Waals surface area contributed by atoms with Gasteiger partial charge in [-0.05, 0) is 19.8 Å². The van der Waals surface area contributed by atoms with Gasteiger partial charge in [0.15, 0.2) is 0 Å². The van der Waals surface area contributed by atoms with Crippen LogP contribution in [0.4, 0.5) is 19.1 Å². The quantitative estimate of drug-likeness (QED) is 0.777. The Morgan fingerprint density at radius 2 is 2.11 bits per heavy atom. The van der Waals surface area contributed by atoms with Gasteiger partial charge < -0.3 is 10.1 Å². The highest BCUT2D eigenvalue weighted by Gasteiger charge is 2.26. The standard InChI is InChI=1S/C12H18F3N3O/c1-3-6-16-11-17-8-9(2)10(18-11)19-7-4-5-12(13,14)15/h8H,3-7H2,1-2H3,(H,16,17,18). The van der Waals surface area contributed by atoms with Crippen molar-refractivity contribution in [1.82, 2.24) is 9.97 Å². The molecule has 1 rings (SSSR count). The summed E-state index contributed by atoms with van der Waals surface area (Å²) in [5.41, 5.74) is 0.703. The molecule has 1 aromatic rings. The summed E-state index contributed by atoms with van der Waals surface area (Å²) >= 11 is 0. The fraction of sp³-hybridized carbons (Fsp3) is 0.667. The van der Waals surface area contributed by atoms with E-state index in [0.29, 0.717) is 17.4 Å². The van der Waals surface area contributed by atoms with Crippen LogP contribution < -0.4 is 10.1 Å². The van der Waals surface area contributed by atoms with Gasteiger partial charge in [-0.1, -0.05) is 6.92 Å². The Bertz CT molecular complexity index is 396. The molecule has 0 saturated heterocycles. The lowest BCUT2D eigenvalue weighted by molar-refractivity contribution is -0.136. The molecule has 7 heteroatoms. The molecule has 19 heavy (non-hydrogen) atoms. The summed E-state index contributed by atoms with van der Waals surface area (Å²) in [5, 5.41) is 2.99. The number of aryl methyl sites for hydroxylation is 1. The van der Waals surface area contributed by atoms with Crippen molar-refractivity contribution in [3.8, 4) is 5.88 Å². The fourth-order valence-electron chi connectivity index (χ4n) is 1.34. The highest BCUT2D eigenvalue weighted by molar-refractivity contribution is 5.32. The van der Waals surface area contributed by atoms with Gasteiger partial charge in [0.05, 0.1) is 6.61 Å². The van der Waals surface area contributed by atoms with E-state index in [1.165, 1.54) is 0 Å². The minimum Gasteiger partial charge on any atom is -0.477 e. The normalized spacial score (nSPS) is 11.4. The van der Waals surface area contributed by atoms with E-state index < -0.39 is 12.6 Å². The lowest BCUT2D eigenvalue weighted by Gasteiger charge is -2.10. The molecule has 0 spiro atoms. The van der Waals surface area contributed by atoms with Gasteiger partial charge in [-0.25, -0.2) is 4.98 Å². The second-order valence-electron chi connectivity index (χ2n) is 4.18.